The molecule has 2 unspecified atom stereocenters. The van der Waals surface area contributed by atoms with Crippen LogP contribution in [0.5, 0.6) is 5.75 Å². The lowest BCUT2D eigenvalue weighted by atomic mass is 9.66. The summed E-state index contributed by atoms with van der Waals surface area (Å²) in [4.78, 5) is 20.6. The van der Waals surface area contributed by atoms with Gasteiger partial charge in [-0.05, 0) is 105 Å². The van der Waals surface area contributed by atoms with Crippen molar-refractivity contribution >= 4 is 43.1 Å². The Hall–Kier alpha value is -2.82. The number of rotatable bonds is 2. The third-order valence-corrected chi connectivity index (χ3v) is 16.1. The Kier molecular flexibility index (Phi) is 11.2. The van der Waals surface area contributed by atoms with E-state index in [1.165, 1.54) is 0 Å². The van der Waals surface area contributed by atoms with Gasteiger partial charge in [0.1, 0.15) is 6.61 Å². The third kappa shape index (κ3) is 8.44. The van der Waals surface area contributed by atoms with Crippen LogP contribution < -0.4 is 14.4 Å². The molecule has 7 rings (SSSR count). The number of allylic oxidation sites excluding steroid dienone is 1. The molecule has 6 atom stereocenters. The number of carbonyl (C=O) groups excluding carboxylic acids is 1. The minimum Gasteiger partial charge on any atom is -0.479 e. The van der Waals surface area contributed by atoms with E-state index in [0.29, 0.717) is 42.2 Å². The van der Waals surface area contributed by atoms with Crippen molar-refractivity contribution in [1.82, 2.24) is 14.5 Å². The number of hydrogen-bond acceptors (Lipinski definition) is 9. The first kappa shape index (κ1) is 37.5. The number of halogens is 1. The number of nitrogens with zero attached hydrogens (tertiary/aromatic N) is 3. The van der Waals surface area contributed by atoms with Crippen LogP contribution in [0.2, 0.25) is 5.02 Å². The van der Waals surface area contributed by atoms with Gasteiger partial charge in [-0.2, -0.15) is 0 Å². The van der Waals surface area contributed by atoms with Crippen molar-refractivity contribution in [3.05, 3.63) is 70.3 Å². The van der Waals surface area contributed by atoms with Crippen LogP contribution in [0.25, 0.3) is 0 Å². The number of carbonyl (C=O) groups is 1. The van der Waals surface area contributed by atoms with E-state index in [-0.39, 0.29) is 34.9 Å². The van der Waals surface area contributed by atoms with Crippen LogP contribution in [-0.4, -0.2) is 101 Å². The molecule has 1 aliphatic carbocycles. The normalized spacial score (nSPS) is 31.8. The number of anilines is 1. The van der Waals surface area contributed by atoms with Crippen LogP contribution in [0.3, 0.4) is 0 Å². The van der Waals surface area contributed by atoms with E-state index in [1.54, 1.807) is 13.0 Å². The van der Waals surface area contributed by atoms with Gasteiger partial charge < -0.3 is 9.64 Å². The molecule has 2 aromatic rings. The van der Waals surface area contributed by atoms with Gasteiger partial charge in [-0.25, -0.2) is 21.6 Å². The topological polar surface area (TPSA) is 116 Å². The molecule has 0 spiro atoms. The molecule has 13 heteroatoms. The Morgan fingerprint density at radius 2 is 1.83 bits per heavy atom. The van der Waals surface area contributed by atoms with E-state index in [4.69, 9.17) is 16.3 Å². The summed E-state index contributed by atoms with van der Waals surface area (Å²) in [6.07, 6.45) is 9.91. The second kappa shape index (κ2) is 15.5. The minimum absolute atomic E-state index is 0.0280. The first-order valence-corrected chi connectivity index (χ1v) is 22.6. The Labute approximate surface area is 314 Å². The number of piperazine rings is 1. The van der Waals surface area contributed by atoms with Gasteiger partial charge in [-0.3, -0.25) is 14.6 Å². The number of aryl methyl sites for hydroxylation is 1. The fourth-order valence-electron chi connectivity index (χ4n) is 8.70. The molecule has 52 heavy (non-hydrogen) atoms. The highest BCUT2D eigenvalue weighted by Crippen LogP contribution is 2.43. The number of benzene rings is 1. The fourth-order valence-corrected chi connectivity index (χ4v) is 11.7. The molecular formula is C39H51ClN4O6S2. The zero-order valence-electron chi connectivity index (χ0n) is 30.2. The van der Waals surface area contributed by atoms with E-state index in [2.05, 4.69) is 43.7 Å². The zero-order chi connectivity index (χ0) is 36.6. The maximum Gasteiger partial charge on any atom is 0.273 e. The van der Waals surface area contributed by atoms with Crippen LogP contribution in [0.4, 0.5) is 5.69 Å². The Balaban J connectivity index is 1.20. The number of ether oxygens (including phenoxy) is 1. The summed E-state index contributed by atoms with van der Waals surface area (Å²) in [6, 6.07) is 13.6. The largest absolute Gasteiger partial charge is 0.479 e. The molecule has 4 heterocycles. The molecule has 1 N–H and O–H groups in total. The van der Waals surface area contributed by atoms with Gasteiger partial charge >= 0.3 is 0 Å². The van der Waals surface area contributed by atoms with Gasteiger partial charge in [-0.1, -0.05) is 42.8 Å². The summed E-state index contributed by atoms with van der Waals surface area (Å²) in [6.45, 7) is 9.35. The summed E-state index contributed by atoms with van der Waals surface area (Å²) >= 11 is 6.37. The quantitative estimate of drug-likeness (QED) is 0.432. The SMILES string of the molecule is C[C@@H]1[C@@H](C)C/C=C/C(CN2CCN3CCS(=O)(=O)C[C@@H]3C2)C2CC[C@H]2CN2CCCCc3cc(Cl)ccc3COc3c#cc(cc32)C(=O)NS1(=O)=O. The van der Waals surface area contributed by atoms with Gasteiger partial charge in [-0.15, -0.1) is 0 Å². The Bertz CT molecular complexity index is 1890. The Morgan fingerprint density at radius 1 is 0.981 bits per heavy atom. The molecule has 5 aliphatic rings. The molecule has 3 fully saturated rings. The average Bonchev–Trinajstić information content (AvgIpc) is 3.11. The average molecular weight is 771 g/mol. The molecule has 2 aromatic carbocycles. The zero-order valence-corrected chi connectivity index (χ0v) is 32.6. The van der Waals surface area contributed by atoms with Crippen LogP contribution in [0.15, 0.2) is 36.4 Å². The van der Waals surface area contributed by atoms with Crippen molar-refractivity contribution < 1.29 is 26.4 Å². The first-order chi connectivity index (χ1) is 24.8. The smallest absolute Gasteiger partial charge is 0.273 e. The molecule has 282 valence electrons. The van der Waals surface area contributed by atoms with Crippen molar-refractivity contribution in [2.75, 3.05) is 62.2 Å². The standard InChI is InChI=1S/C39H51ClN4O6S2/c1-27-6-5-8-31(22-42-16-17-43-18-19-51(46,47)26-35(43)24-42)36-13-10-32(36)23-44-15-4-3-7-29-20-34(40)12-9-33(29)25-50-38-14-11-30(21-37(38)44)39(45)41-52(48,49)28(27)2/h5,8-9,12,20-21,27-28,31-32,35-36H,3-4,6-7,10,13,15-19,22-26H2,1-2H3,(H,41,45)/b8-5+/t27-,28+,31?,32-,35-,36?/m0/s1. The summed E-state index contributed by atoms with van der Waals surface area (Å²) in [5.41, 5.74) is 3.03. The third-order valence-electron chi connectivity index (χ3n) is 12.3. The maximum absolute atomic E-state index is 13.5. The molecule has 0 aromatic heterocycles. The van der Waals surface area contributed by atoms with Crippen LogP contribution in [0.1, 0.15) is 67.4 Å². The number of nitrogens with one attached hydrogen (secondary N) is 1. The monoisotopic (exact) mass is 770 g/mol. The highest BCUT2D eigenvalue weighted by atomic mass is 35.5. The molecule has 2 bridgehead atoms. The summed E-state index contributed by atoms with van der Waals surface area (Å²) in [5, 5.41) is -0.109. The number of sulfonamides is 1. The van der Waals surface area contributed by atoms with Gasteiger partial charge in [0, 0.05) is 56.9 Å². The van der Waals surface area contributed by atoms with Crippen LogP contribution in [0, 0.1) is 35.8 Å². The maximum atomic E-state index is 13.5. The van der Waals surface area contributed by atoms with Crippen molar-refractivity contribution in [1.29, 1.82) is 0 Å². The summed E-state index contributed by atoms with van der Waals surface area (Å²) in [5.74, 6) is 1.05. The van der Waals surface area contributed by atoms with Crippen LogP contribution >= 0.6 is 11.6 Å². The number of amides is 1. The van der Waals surface area contributed by atoms with Crippen molar-refractivity contribution in [3.8, 4) is 5.75 Å². The van der Waals surface area contributed by atoms with Crippen LogP contribution in [-0.2, 0) is 32.9 Å². The predicted molar refractivity (Wildman–Crippen MR) is 204 cm³/mol. The van der Waals surface area contributed by atoms with Crippen molar-refractivity contribution in [3.63, 3.8) is 0 Å². The van der Waals surface area contributed by atoms with Gasteiger partial charge in [0.05, 0.1) is 28.0 Å². The second-order valence-electron chi connectivity index (χ2n) is 15.7. The van der Waals surface area contributed by atoms with E-state index in [0.717, 1.165) is 88.2 Å². The molecule has 1 amide bonds. The first-order valence-electron chi connectivity index (χ1n) is 18.9. The summed E-state index contributed by atoms with van der Waals surface area (Å²) < 4.78 is 60.8. The van der Waals surface area contributed by atoms with E-state index in [9.17, 15) is 21.6 Å². The molecular weight excluding hydrogens is 720 g/mol. The molecule has 2 saturated heterocycles. The predicted octanol–water partition coefficient (Wildman–Crippen LogP) is 4.76. The highest BCUT2D eigenvalue weighted by Gasteiger charge is 2.41. The highest BCUT2D eigenvalue weighted by molar-refractivity contribution is 7.91. The number of fused-ring (bicyclic) bond motifs is 4. The van der Waals surface area contributed by atoms with E-state index < -0.39 is 31.0 Å². The second-order valence-corrected chi connectivity index (χ2v) is 20.4. The molecule has 1 saturated carbocycles. The molecule has 10 nitrogen and oxygen atoms in total. The van der Waals surface area contributed by atoms with Gasteiger partial charge in [0.25, 0.3) is 5.91 Å². The Morgan fingerprint density at radius 3 is 2.63 bits per heavy atom. The lowest BCUT2D eigenvalue weighted by molar-refractivity contribution is 0.0512. The van der Waals surface area contributed by atoms with Crippen molar-refractivity contribution in [2.24, 2.45) is 23.7 Å². The molecule has 0 radical (unpaired) electrons. The fraction of sp³-hybridized carbons (Fsp3) is 0.615. The van der Waals surface area contributed by atoms with E-state index >= 15 is 0 Å². The lowest BCUT2D eigenvalue weighted by Crippen LogP contribution is -2.60. The number of sulfone groups is 1. The van der Waals surface area contributed by atoms with E-state index in [1.807, 2.05) is 25.1 Å². The number of hydrogen-bond donors (Lipinski definition) is 1. The minimum atomic E-state index is -3.99. The van der Waals surface area contributed by atoms with Gasteiger partial charge in [0.15, 0.2) is 15.6 Å². The van der Waals surface area contributed by atoms with Gasteiger partial charge in [0.2, 0.25) is 10.0 Å². The van der Waals surface area contributed by atoms with Crippen molar-refractivity contribution in [2.45, 2.75) is 70.3 Å². The summed E-state index contributed by atoms with van der Waals surface area (Å²) in [7, 11) is -7.01. The lowest BCUT2D eigenvalue weighted by Gasteiger charge is -2.48. The molecule has 4 aliphatic heterocycles.